The number of amides is 1. The van der Waals surface area contributed by atoms with Crippen LogP contribution in [-0.4, -0.2) is 16.8 Å². The number of nitro groups is 1. The van der Waals surface area contributed by atoms with E-state index in [-0.39, 0.29) is 16.8 Å². The summed E-state index contributed by atoms with van der Waals surface area (Å²) in [4.78, 5) is 32.6. The molecule has 0 saturated carbocycles. The van der Waals surface area contributed by atoms with Crippen molar-refractivity contribution in [3.63, 3.8) is 0 Å². The topological polar surface area (TPSA) is 112 Å². The van der Waals surface area contributed by atoms with Gasteiger partial charge in [-0.25, -0.2) is 0 Å². The largest absolute Gasteiger partial charge is 0.545 e. The van der Waals surface area contributed by atoms with Gasteiger partial charge in [0.2, 0.25) is 0 Å². The van der Waals surface area contributed by atoms with Crippen molar-refractivity contribution in [2.75, 3.05) is 5.32 Å². The number of carbonyl (C=O) groups is 2. The van der Waals surface area contributed by atoms with Gasteiger partial charge in [0, 0.05) is 23.4 Å². The monoisotopic (exact) mass is 285 g/mol. The molecule has 1 N–H and O–H groups in total. The number of nitrogens with one attached hydrogen (secondary N) is 1. The molecule has 2 aromatic carbocycles. The first kappa shape index (κ1) is 14.2. The molecule has 1 amide bonds. The van der Waals surface area contributed by atoms with E-state index in [9.17, 15) is 24.8 Å². The van der Waals surface area contributed by atoms with Crippen LogP contribution < -0.4 is 10.4 Å². The van der Waals surface area contributed by atoms with Gasteiger partial charge in [-0.3, -0.25) is 14.9 Å². The van der Waals surface area contributed by atoms with Crippen LogP contribution in [0.3, 0.4) is 0 Å². The molecular formula is C14H9N2O5-. The van der Waals surface area contributed by atoms with Gasteiger partial charge in [-0.15, -0.1) is 0 Å². The van der Waals surface area contributed by atoms with E-state index in [4.69, 9.17) is 0 Å². The fourth-order valence-electron chi connectivity index (χ4n) is 1.65. The van der Waals surface area contributed by atoms with Crippen LogP contribution in [0.25, 0.3) is 0 Å². The van der Waals surface area contributed by atoms with Crippen LogP contribution >= 0.6 is 0 Å². The number of non-ortho nitro benzene ring substituents is 1. The Morgan fingerprint density at radius 2 is 1.67 bits per heavy atom. The molecule has 21 heavy (non-hydrogen) atoms. The van der Waals surface area contributed by atoms with Crippen molar-refractivity contribution in [3.8, 4) is 0 Å². The average molecular weight is 285 g/mol. The fraction of sp³-hybridized carbons (Fsp3) is 0. The van der Waals surface area contributed by atoms with Gasteiger partial charge in [0.25, 0.3) is 11.6 Å². The summed E-state index contributed by atoms with van der Waals surface area (Å²) in [5.41, 5.74) is 0.308. The second-order valence-electron chi connectivity index (χ2n) is 4.13. The number of carboxylic acids is 1. The van der Waals surface area contributed by atoms with Gasteiger partial charge >= 0.3 is 0 Å². The Hall–Kier alpha value is -3.22. The minimum Gasteiger partial charge on any atom is -0.545 e. The number of carbonyl (C=O) groups excluding carboxylic acids is 2. The Labute approximate surface area is 119 Å². The first-order chi connectivity index (χ1) is 9.97. The van der Waals surface area contributed by atoms with E-state index in [0.717, 1.165) is 6.07 Å². The van der Waals surface area contributed by atoms with Crippen molar-refractivity contribution in [2.45, 2.75) is 0 Å². The molecule has 0 bridgehead atoms. The third kappa shape index (κ3) is 3.41. The van der Waals surface area contributed by atoms with Crippen LogP contribution in [0, 0.1) is 10.1 Å². The highest BCUT2D eigenvalue weighted by molar-refractivity contribution is 6.04. The number of benzene rings is 2. The molecule has 0 aliphatic carbocycles. The lowest BCUT2D eigenvalue weighted by Gasteiger charge is -2.07. The van der Waals surface area contributed by atoms with E-state index in [1.54, 1.807) is 0 Å². The molecule has 0 saturated heterocycles. The molecular weight excluding hydrogens is 276 g/mol. The maximum Gasteiger partial charge on any atom is 0.270 e. The third-order valence-corrected chi connectivity index (χ3v) is 2.70. The van der Waals surface area contributed by atoms with E-state index < -0.39 is 16.8 Å². The Morgan fingerprint density at radius 3 is 2.24 bits per heavy atom. The Kier molecular flexibility index (Phi) is 3.94. The van der Waals surface area contributed by atoms with Crippen LogP contribution in [-0.2, 0) is 0 Å². The summed E-state index contributed by atoms with van der Waals surface area (Å²) in [6, 6.07) is 10.7. The number of nitro benzene ring substituents is 1. The number of rotatable bonds is 4. The lowest BCUT2D eigenvalue weighted by molar-refractivity contribution is -0.384. The van der Waals surface area contributed by atoms with Crippen LogP contribution in [0.1, 0.15) is 20.7 Å². The normalized spacial score (nSPS) is 9.90. The summed E-state index contributed by atoms with van der Waals surface area (Å²) in [6.07, 6.45) is 0. The Balaban J connectivity index is 2.16. The number of anilines is 1. The van der Waals surface area contributed by atoms with E-state index >= 15 is 0 Å². The van der Waals surface area contributed by atoms with Gasteiger partial charge in [0.05, 0.1) is 10.9 Å². The molecule has 0 aromatic heterocycles. The Morgan fingerprint density at radius 1 is 1.00 bits per heavy atom. The third-order valence-electron chi connectivity index (χ3n) is 2.70. The molecule has 2 rings (SSSR count). The SMILES string of the molecule is O=C([O-])c1ccc(NC(=O)c2cccc([N+](=O)[O-])c2)cc1. The predicted molar refractivity (Wildman–Crippen MR) is 71.8 cm³/mol. The highest BCUT2D eigenvalue weighted by atomic mass is 16.6. The lowest BCUT2D eigenvalue weighted by atomic mass is 10.1. The summed E-state index contributed by atoms with van der Waals surface area (Å²) in [5, 5.41) is 23.8. The molecule has 0 unspecified atom stereocenters. The van der Waals surface area contributed by atoms with Crippen LogP contribution in [0.5, 0.6) is 0 Å². The second-order valence-corrected chi connectivity index (χ2v) is 4.13. The molecule has 0 atom stereocenters. The minimum absolute atomic E-state index is 0.0108. The van der Waals surface area contributed by atoms with E-state index in [2.05, 4.69) is 5.32 Å². The van der Waals surface area contributed by atoms with E-state index in [1.807, 2.05) is 0 Å². The molecule has 106 valence electrons. The zero-order valence-electron chi connectivity index (χ0n) is 10.6. The summed E-state index contributed by atoms with van der Waals surface area (Å²) in [5.74, 6) is -1.84. The standard InChI is InChI=1S/C14H10N2O5/c17-13(10-2-1-3-12(8-10)16(20)21)15-11-6-4-9(5-7-11)14(18)19/h1-8H,(H,15,17)(H,18,19)/p-1. The second kappa shape index (κ2) is 5.83. The summed E-state index contributed by atoms with van der Waals surface area (Å²) >= 11 is 0. The number of hydrogen-bond donors (Lipinski definition) is 1. The van der Waals surface area contributed by atoms with Crippen molar-refractivity contribution in [2.24, 2.45) is 0 Å². The predicted octanol–water partition coefficient (Wildman–Crippen LogP) is 1.21. The number of hydrogen-bond acceptors (Lipinski definition) is 5. The maximum atomic E-state index is 11.9. The van der Waals surface area contributed by atoms with Gasteiger partial charge in [0.1, 0.15) is 0 Å². The summed E-state index contributed by atoms with van der Waals surface area (Å²) < 4.78 is 0. The van der Waals surface area contributed by atoms with Gasteiger partial charge in [-0.1, -0.05) is 18.2 Å². The minimum atomic E-state index is -1.31. The number of aromatic carboxylic acids is 1. The molecule has 0 spiro atoms. The van der Waals surface area contributed by atoms with E-state index in [1.165, 1.54) is 42.5 Å². The molecule has 0 aliphatic heterocycles. The fourth-order valence-corrected chi connectivity index (χ4v) is 1.65. The van der Waals surface area contributed by atoms with E-state index in [0.29, 0.717) is 5.69 Å². The number of nitrogens with zero attached hydrogens (tertiary/aromatic N) is 1. The van der Waals surface area contributed by atoms with Crippen LogP contribution in [0.15, 0.2) is 48.5 Å². The number of carboxylic acid groups (broad SMARTS) is 1. The molecule has 2 aromatic rings. The molecule has 0 heterocycles. The van der Waals surface area contributed by atoms with Crippen LogP contribution in [0.4, 0.5) is 11.4 Å². The summed E-state index contributed by atoms with van der Waals surface area (Å²) in [7, 11) is 0. The zero-order valence-corrected chi connectivity index (χ0v) is 10.6. The Bertz CT molecular complexity index is 710. The van der Waals surface area contributed by atoms with Gasteiger partial charge in [0.15, 0.2) is 0 Å². The highest BCUT2D eigenvalue weighted by Crippen LogP contribution is 2.15. The molecule has 7 heteroatoms. The lowest BCUT2D eigenvalue weighted by Crippen LogP contribution is -2.22. The molecule has 0 fully saturated rings. The van der Waals surface area contributed by atoms with Crippen molar-refractivity contribution in [3.05, 3.63) is 69.8 Å². The van der Waals surface area contributed by atoms with Crippen LogP contribution in [0.2, 0.25) is 0 Å². The maximum absolute atomic E-state index is 11.9. The van der Waals surface area contributed by atoms with Crippen molar-refractivity contribution < 1.29 is 19.6 Å². The zero-order chi connectivity index (χ0) is 15.4. The van der Waals surface area contributed by atoms with Crippen molar-refractivity contribution >= 4 is 23.3 Å². The summed E-state index contributed by atoms with van der Waals surface area (Å²) in [6.45, 7) is 0. The van der Waals surface area contributed by atoms with Gasteiger partial charge in [-0.05, 0) is 23.8 Å². The van der Waals surface area contributed by atoms with Gasteiger partial charge < -0.3 is 15.2 Å². The molecule has 0 radical (unpaired) electrons. The van der Waals surface area contributed by atoms with Gasteiger partial charge in [-0.2, -0.15) is 0 Å². The molecule has 7 nitrogen and oxygen atoms in total. The highest BCUT2D eigenvalue weighted by Gasteiger charge is 2.11. The quantitative estimate of drug-likeness (QED) is 0.670. The molecule has 0 aliphatic rings. The first-order valence-electron chi connectivity index (χ1n) is 5.84. The first-order valence-corrected chi connectivity index (χ1v) is 5.84. The van der Waals surface area contributed by atoms with Crippen molar-refractivity contribution in [1.82, 2.24) is 0 Å². The van der Waals surface area contributed by atoms with Crippen molar-refractivity contribution in [1.29, 1.82) is 0 Å². The average Bonchev–Trinajstić information content (AvgIpc) is 2.48. The smallest absolute Gasteiger partial charge is 0.270 e.